The highest BCUT2D eigenvalue weighted by Gasteiger charge is 2.22. The van der Waals surface area contributed by atoms with Crippen LogP contribution in [0.3, 0.4) is 0 Å². The normalized spacial score (nSPS) is 19.8. The number of carbonyl (C=O) groups is 3. The molecule has 19 heavy (non-hydrogen) atoms. The van der Waals surface area contributed by atoms with Crippen molar-refractivity contribution in [1.29, 1.82) is 0 Å². The highest BCUT2D eigenvalue weighted by atomic mass is 16.7. The summed E-state index contributed by atoms with van der Waals surface area (Å²) in [6.45, 7) is 1.24. The van der Waals surface area contributed by atoms with Crippen molar-refractivity contribution in [3.05, 3.63) is 12.2 Å². The van der Waals surface area contributed by atoms with Crippen LogP contribution < -0.4 is 0 Å². The summed E-state index contributed by atoms with van der Waals surface area (Å²) in [5, 5.41) is 0.944. The molecule has 2 heterocycles. The van der Waals surface area contributed by atoms with Crippen LogP contribution in [0.5, 0.6) is 0 Å². The molecule has 0 aromatic rings. The molecular weight excluding hydrogens is 252 g/mol. The molecule has 104 valence electrons. The predicted molar refractivity (Wildman–Crippen MR) is 63.3 cm³/mol. The van der Waals surface area contributed by atoms with Gasteiger partial charge >= 0.3 is 5.97 Å². The first-order valence-corrected chi connectivity index (χ1v) is 6.21. The fourth-order valence-corrected chi connectivity index (χ4v) is 1.82. The Hall–Kier alpha value is -1.89. The molecule has 0 N–H and O–H groups in total. The van der Waals surface area contributed by atoms with E-state index in [2.05, 4.69) is 0 Å². The Morgan fingerprint density at radius 3 is 3.00 bits per heavy atom. The number of hydrogen-bond acceptors (Lipinski definition) is 5. The number of rotatable bonds is 4. The van der Waals surface area contributed by atoms with Crippen molar-refractivity contribution in [2.45, 2.75) is 19.3 Å². The third kappa shape index (κ3) is 3.78. The van der Waals surface area contributed by atoms with Gasteiger partial charge in [0, 0.05) is 32.2 Å². The second-order valence-corrected chi connectivity index (χ2v) is 4.31. The summed E-state index contributed by atoms with van der Waals surface area (Å²) in [4.78, 5) is 40.9. The summed E-state index contributed by atoms with van der Waals surface area (Å²) in [5.41, 5.74) is 0. The van der Waals surface area contributed by atoms with Crippen molar-refractivity contribution < 1.29 is 24.0 Å². The van der Waals surface area contributed by atoms with E-state index in [9.17, 15) is 14.4 Å². The highest BCUT2D eigenvalue weighted by Crippen LogP contribution is 2.08. The van der Waals surface area contributed by atoms with Gasteiger partial charge in [-0.3, -0.25) is 9.59 Å². The zero-order valence-electron chi connectivity index (χ0n) is 10.5. The molecule has 0 bridgehead atoms. The van der Waals surface area contributed by atoms with Crippen molar-refractivity contribution in [1.82, 2.24) is 9.96 Å². The van der Waals surface area contributed by atoms with Crippen molar-refractivity contribution >= 4 is 17.8 Å². The van der Waals surface area contributed by atoms with Crippen LogP contribution in [0.4, 0.5) is 0 Å². The Bertz CT molecular complexity index is 407. The SMILES string of the molecule is O=C(CCN1CC=CC1=O)ON1COCCCC1=O. The molecule has 2 rings (SSSR count). The quantitative estimate of drug-likeness (QED) is 0.707. The lowest BCUT2D eigenvalue weighted by atomic mass is 10.3. The van der Waals surface area contributed by atoms with Crippen LogP contribution >= 0.6 is 0 Å². The molecule has 2 amide bonds. The average Bonchev–Trinajstić information content (AvgIpc) is 2.69. The number of nitrogens with zero attached hydrogens (tertiary/aromatic N) is 2. The van der Waals surface area contributed by atoms with E-state index >= 15 is 0 Å². The monoisotopic (exact) mass is 268 g/mol. The Kier molecular flexibility index (Phi) is 4.51. The number of carbonyl (C=O) groups excluding carboxylic acids is 3. The van der Waals surface area contributed by atoms with Gasteiger partial charge < -0.3 is 14.5 Å². The second-order valence-electron chi connectivity index (χ2n) is 4.31. The third-order valence-electron chi connectivity index (χ3n) is 2.86. The number of ether oxygens (including phenoxy) is 1. The largest absolute Gasteiger partial charge is 0.358 e. The molecule has 7 nitrogen and oxygen atoms in total. The molecule has 0 aromatic carbocycles. The summed E-state index contributed by atoms with van der Waals surface area (Å²) >= 11 is 0. The van der Waals surface area contributed by atoms with Crippen LogP contribution in [0.2, 0.25) is 0 Å². The maximum absolute atomic E-state index is 11.6. The molecular formula is C12H16N2O5. The molecule has 0 radical (unpaired) electrons. The first-order chi connectivity index (χ1) is 9.16. The summed E-state index contributed by atoms with van der Waals surface area (Å²) in [7, 11) is 0. The van der Waals surface area contributed by atoms with Crippen LogP contribution in [-0.2, 0) is 24.0 Å². The molecule has 2 aliphatic heterocycles. The average molecular weight is 268 g/mol. The lowest BCUT2D eigenvalue weighted by Crippen LogP contribution is -2.35. The molecule has 0 unspecified atom stereocenters. The standard InChI is InChI=1S/C12H16N2O5/c15-10-3-1-6-13(10)7-5-12(17)19-14-9-18-8-2-4-11(14)16/h1,3H,2,4-9H2. The van der Waals surface area contributed by atoms with Crippen molar-refractivity contribution in [3.63, 3.8) is 0 Å². The molecule has 0 saturated carbocycles. The molecule has 1 fully saturated rings. The van der Waals surface area contributed by atoms with E-state index in [1.54, 1.807) is 6.08 Å². The Morgan fingerprint density at radius 1 is 1.42 bits per heavy atom. The maximum atomic E-state index is 11.6. The van der Waals surface area contributed by atoms with E-state index < -0.39 is 5.97 Å². The molecule has 1 saturated heterocycles. The summed E-state index contributed by atoms with van der Waals surface area (Å²) < 4.78 is 5.13. The third-order valence-corrected chi connectivity index (χ3v) is 2.86. The predicted octanol–water partition coefficient (Wildman–Crippen LogP) is -0.170. The molecule has 7 heteroatoms. The van der Waals surface area contributed by atoms with Crippen molar-refractivity contribution in [3.8, 4) is 0 Å². The van der Waals surface area contributed by atoms with Gasteiger partial charge in [0.05, 0.1) is 6.42 Å². The smallest absolute Gasteiger partial charge is 0.334 e. The summed E-state index contributed by atoms with van der Waals surface area (Å²) in [6, 6.07) is 0. The van der Waals surface area contributed by atoms with E-state index in [0.29, 0.717) is 26.0 Å². The van der Waals surface area contributed by atoms with E-state index in [-0.39, 0.29) is 31.5 Å². The van der Waals surface area contributed by atoms with E-state index in [4.69, 9.17) is 9.57 Å². The van der Waals surface area contributed by atoms with Crippen LogP contribution in [0.15, 0.2) is 12.2 Å². The van der Waals surface area contributed by atoms with E-state index in [1.165, 1.54) is 11.0 Å². The molecule has 0 spiro atoms. The minimum Gasteiger partial charge on any atom is -0.358 e. The zero-order chi connectivity index (χ0) is 13.7. The van der Waals surface area contributed by atoms with Gasteiger partial charge in [0.25, 0.3) is 5.91 Å². The lowest BCUT2D eigenvalue weighted by Gasteiger charge is -2.19. The van der Waals surface area contributed by atoms with E-state index in [0.717, 1.165) is 5.06 Å². The van der Waals surface area contributed by atoms with Crippen LogP contribution in [0, 0.1) is 0 Å². The lowest BCUT2D eigenvalue weighted by molar-refractivity contribution is -0.212. The van der Waals surface area contributed by atoms with Crippen LogP contribution in [0.1, 0.15) is 19.3 Å². The van der Waals surface area contributed by atoms with Gasteiger partial charge in [-0.25, -0.2) is 4.79 Å². The van der Waals surface area contributed by atoms with Crippen molar-refractivity contribution in [2.75, 3.05) is 26.4 Å². The van der Waals surface area contributed by atoms with Gasteiger partial charge in [0.1, 0.15) is 0 Å². The maximum Gasteiger partial charge on any atom is 0.334 e. The molecule has 0 aliphatic carbocycles. The van der Waals surface area contributed by atoms with Gasteiger partial charge in [-0.2, -0.15) is 0 Å². The van der Waals surface area contributed by atoms with Gasteiger partial charge in [-0.05, 0) is 6.42 Å². The number of amides is 2. The molecule has 0 atom stereocenters. The van der Waals surface area contributed by atoms with Gasteiger partial charge in [0.2, 0.25) is 5.91 Å². The Labute approximate surface area is 110 Å². The Balaban J connectivity index is 1.74. The number of hydrogen-bond donors (Lipinski definition) is 0. The first-order valence-electron chi connectivity index (χ1n) is 6.21. The van der Waals surface area contributed by atoms with E-state index in [1.807, 2.05) is 0 Å². The topological polar surface area (TPSA) is 76.2 Å². The van der Waals surface area contributed by atoms with Gasteiger partial charge in [-0.15, -0.1) is 5.06 Å². The van der Waals surface area contributed by atoms with Crippen LogP contribution in [0.25, 0.3) is 0 Å². The highest BCUT2D eigenvalue weighted by molar-refractivity contribution is 5.90. The first kappa shape index (κ1) is 13.5. The summed E-state index contributed by atoms with van der Waals surface area (Å²) in [6.07, 6.45) is 4.19. The van der Waals surface area contributed by atoms with Gasteiger partial charge in [0.15, 0.2) is 6.73 Å². The minimum atomic E-state index is -0.543. The fourth-order valence-electron chi connectivity index (χ4n) is 1.82. The molecule has 2 aliphatic rings. The number of hydroxylamine groups is 2. The second kappa shape index (κ2) is 6.33. The van der Waals surface area contributed by atoms with Gasteiger partial charge in [-0.1, -0.05) is 6.08 Å². The van der Waals surface area contributed by atoms with Crippen molar-refractivity contribution in [2.24, 2.45) is 0 Å². The zero-order valence-corrected chi connectivity index (χ0v) is 10.5. The fraction of sp³-hybridized carbons (Fsp3) is 0.583. The van der Waals surface area contributed by atoms with Crippen LogP contribution in [-0.4, -0.2) is 54.2 Å². The Morgan fingerprint density at radius 2 is 2.26 bits per heavy atom. The summed E-state index contributed by atoms with van der Waals surface area (Å²) in [5.74, 6) is -0.912. The minimum absolute atomic E-state index is 0.0330. The molecule has 0 aromatic heterocycles.